The molecule has 0 bridgehead atoms. The number of hydrogen-bond acceptors (Lipinski definition) is 3. The quantitative estimate of drug-likeness (QED) is 0.780. The molecule has 16 heavy (non-hydrogen) atoms. The Morgan fingerprint density at radius 1 is 1.25 bits per heavy atom. The Bertz CT molecular complexity index is 239. The topological polar surface area (TPSA) is 41.6 Å². The molecule has 1 N–H and O–H groups in total. The summed E-state index contributed by atoms with van der Waals surface area (Å²) in [6, 6.07) is 1.05. The van der Waals surface area contributed by atoms with E-state index in [0.29, 0.717) is 0 Å². The first-order valence-corrected chi connectivity index (χ1v) is 6.38. The van der Waals surface area contributed by atoms with Crippen LogP contribution in [-0.4, -0.2) is 43.3 Å². The van der Waals surface area contributed by atoms with Gasteiger partial charge in [0.2, 0.25) is 0 Å². The lowest BCUT2D eigenvalue weighted by Crippen LogP contribution is -2.50. The molecule has 4 nitrogen and oxygen atoms in total. The summed E-state index contributed by atoms with van der Waals surface area (Å²) in [6.07, 6.45) is 7.39. The highest BCUT2D eigenvalue weighted by molar-refractivity contribution is 5.67. The van der Waals surface area contributed by atoms with E-state index in [1.165, 1.54) is 45.8 Å². The zero-order valence-corrected chi connectivity index (χ0v) is 10.1. The van der Waals surface area contributed by atoms with E-state index >= 15 is 0 Å². The number of nitrogens with zero attached hydrogens (tertiary/aromatic N) is 1. The summed E-state index contributed by atoms with van der Waals surface area (Å²) < 4.78 is 4.65. The molecular weight excluding hydrogens is 204 g/mol. The number of ether oxygens (including phenoxy) is 1. The van der Waals surface area contributed by atoms with Crippen LogP contribution in [0.2, 0.25) is 0 Å². The average Bonchev–Trinajstić information content (AvgIpc) is 2.83. The molecule has 0 aromatic carbocycles. The second-order valence-corrected chi connectivity index (χ2v) is 4.91. The molecular formula is C12H22N2O2. The molecule has 1 atom stereocenters. The van der Waals surface area contributed by atoms with Gasteiger partial charge in [0.1, 0.15) is 0 Å². The minimum atomic E-state index is -0.293. The van der Waals surface area contributed by atoms with Gasteiger partial charge in [0, 0.05) is 18.6 Å². The van der Waals surface area contributed by atoms with Crippen LogP contribution in [-0.2, 0) is 4.74 Å². The van der Waals surface area contributed by atoms with E-state index in [2.05, 4.69) is 15.0 Å². The molecule has 92 valence electrons. The van der Waals surface area contributed by atoms with Crippen LogP contribution >= 0.6 is 0 Å². The lowest BCUT2D eigenvalue weighted by atomic mass is 10.0. The summed E-state index contributed by atoms with van der Waals surface area (Å²) in [6.45, 7) is 2.20. The molecule has 2 fully saturated rings. The molecule has 1 saturated heterocycles. The van der Waals surface area contributed by atoms with Crippen molar-refractivity contribution in [3.8, 4) is 0 Å². The molecule has 0 radical (unpaired) electrons. The maximum atomic E-state index is 11.2. The van der Waals surface area contributed by atoms with Crippen molar-refractivity contribution in [1.29, 1.82) is 0 Å². The maximum Gasteiger partial charge on any atom is 0.407 e. The second kappa shape index (κ2) is 5.53. The number of rotatable bonds is 2. The molecule has 1 heterocycles. The third-order valence-corrected chi connectivity index (χ3v) is 3.80. The normalized spacial score (nSPS) is 27.9. The first-order chi connectivity index (χ1) is 7.79. The van der Waals surface area contributed by atoms with Gasteiger partial charge in [-0.3, -0.25) is 4.90 Å². The van der Waals surface area contributed by atoms with Gasteiger partial charge in [0.25, 0.3) is 0 Å². The van der Waals surface area contributed by atoms with Gasteiger partial charge in [-0.25, -0.2) is 4.79 Å². The Labute approximate surface area is 97.3 Å². The molecule has 4 heteroatoms. The fourth-order valence-corrected chi connectivity index (χ4v) is 2.95. The Morgan fingerprint density at radius 2 is 2.00 bits per heavy atom. The average molecular weight is 226 g/mol. The van der Waals surface area contributed by atoms with Gasteiger partial charge < -0.3 is 10.1 Å². The summed E-state index contributed by atoms with van der Waals surface area (Å²) in [5.41, 5.74) is 0. The molecule has 2 aliphatic rings. The smallest absolute Gasteiger partial charge is 0.407 e. The van der Waals surface area contributed by atoms with E-state index in [0.717, 1.165) is 19.0 Å². The summed E-state index contributed by atoms with van der Waals surface area (Å²) in [5.74, 6) is 0. The first kappa shape index (κ1) is 11.7. The number of nitrogens with one attached hydrogen (secondary N) is 1. The van der Waals surface area contributed by atoms with Crippen molar-refractivity contribution in [3.05, 3.63) is 0 Å². The zero-order valence-electron chi connectivity index (χ0n) is 10.1. The van der Waals surface area contributed by atoms with Crippen LogP contribution in [0.3, 0.4) is 0 Å². The molecule has 1 aliphatic carbocycles. The first-order valence-electron chi connectivity index (χ1n) is 6.38. The molecule has 1 unspecified atom stereocenters. The monoisotopic (exact) mass is 226 g/mol. The van der Waals surface area contributed by atoms with E-state index in [1.807, 2.05) is 0 Å². The van der Waals surface area contributed by atoms with Gasteiger partial charge in [-0.15, -0.1) is 0 Å². The van der Waals surface area contributed by atoms with Crippen molar-refractivity contribution in [2.45, 2.75) is 50.6 Å². The van der Waals surface area contributed by atoms with Crippen molar-refractivity contribution in [2.75, 3.05) is 20.2 Å². The lowest BCUT2D eigenvalue weighted by molar-refractivity contribution is 0.125. The molecule has 2 rings (SSSR count). The van der Waals surface area contributed by atoms with Gasteiger partial charge in [-0.2, -0.15) is 0 Å². The third kappa shape index (κ3) is 2.88. The van der Waals surface area contributed by atoms with E-state index in [1.54, 1.807) is 0 Å². The summed E-state index contributed by atoms with van der Waals surface area (Å²) >= 11 is 0. The van der Waals surface area contributed by atoms with Crippen molar-refractivity contribution >= 4 is 6.09 Å². The zero-order chi connectivity index (χ0) is 11.4. The molecule has 0 spiro atoms. The number of carbonyl (C=O) groups is 1. The van der Waals surface area contributed by atoms with Crippen LogP contribution in [0.5, 0.6) is 0 Å². The van der Waals surface area contributed by atoms with Crippen molar-refractivity contribution in [2.24, 2.45) is 0 Å². The van der Waals surface area contributed by atoms with Gasteiger partial charge in [-0.1, -0.05) is 12.8 Å². The number of carbonyl (C=O) groups excluding carboxylic acids is 1. The summed E-state index contributed by atoms with van der Waals surface area (Å²) in [4.78, 5) is 13.7. The van der Waals surface area contributed by atoms with Crippen LogP contribution in [0.25, 0.3) is 0 Å². The fourth-order valence-electron chi connectivity index (χ4n) is 2.95. The van der Waals surface area contributed by atoms with Gasteiger partial charge >= 0.3 is 6.09 Å². The van der Waals surface area contributed by atoms with Crippen LogP contribution in [0, 0.1) is 0 Å². The largest absolute Gasteiger partial charge is 0.453 e. The standard InChI is InChI=1S/C12H22N2O2/c1-16-12(15)13-10-5-4-8-14(9-10)11-6-2-3-7-11/h10-11H,2-9H2,1H3,(H,13,15). The number of hydrogen-bond donors (Lipinski definition) is 1. The van der Waals surface area contributed by atoms with Gasteiger partial charge in [-0.05, 0) is 32.2 Å². The minimum absolute atomic E-state index is 0.279. The van der Waals surface area contributed by atoms with Crippen LogP contribution in [0.4, 0.5) is 4.79 Å². The Morgan fingerprint density at radius 3 is 2.69 bits per heavy atom. The molecule has 1 amide bonds. The number of methoxy groups -OCH3 is 1. The van der Waals surface area contributed by atoms with Crippen LogP contribution in [0.1, 0.15) is 38.5 Å². The van der Waals surface area contributed by atoms with Gasteiger partial charge in [0.05, 0.1) is 7.11 Å². The number of likely N-dealkylation sites (tertiary alicyclic amines) is 1. The lowest BCUT2D eigenvalue weighted by Gasteiger charge is -2.36. The minimum Gasteiger partial charge on any atom is -0.453 e. The Hall–Kier alpha value is -0.770. The highest BCUT2D eigenvalue weighted by Gasteiger charge is 2.28. The highest BCUT2D eigenvalue weighted by atomic mass is 16.5. The predicted molar refractivity (Wildman–Crippen MR) is 62.4 cm³/mol. The van der Waals surface area contributed by atoms with Crippen LogP contribution < -0.4 is 5.32 Å². The van der Waals surface area contributed by atoms with E-state index in [9.17, 15) is 4.79 Å². The third-order valence-electron chi connectivity index (χ3n) is 3.80. The van der Waals surface area contributed by atoms with Crippen molar-refractivity contribution < 1.29 is 9.53 Å². The number of amides is 1. The van der Waals surface area contributed by atoms with E-state index < -0.39 is 0 Å². The second-order valence-electron chi connectivity index (χ2n) is 4.91. The molecule has 0 aromatic rings. The summed E-state index contributed by atoms with van der Waals surface area (Å²) in [5, 5.41) is 2.92. The molecule has 0 aromatic heterocycles. The van der Waals surface area contributed by atoms with E-state index in [-0.39, 0.29) is 12.1 Å². The van der Waals surface area contributed by atoms with Crippen LogP contribution in [0.15, 0.2) is 0 Å². The highest BCUT2D eigenvalue weighted by Crippen LogP contribution is 2.26. The maximum absolute atomic E-state index is 11.2. The summed E-state index contributed by atoms with van der Waals surface area (Å²) in [7, 11) is 1.42. The Balaban J connectivity index is 1.81. The fraction of sp³-hybridized carbons (Fsp3) is 0.917. The number of piperidine rings is 1. The van der Waals surface area contributed by atoms with Gasteiger partial charge in [0.15, 0.2) is 0 Å². The predicted octanol–water partition coefficient (Wildman–Crippen LogP) is 1.75. The molecule has 1 saturated carbocycles. The van der Waals surface area contributed by atoms with Crippen molar-refractivity contribution in [1.82, 2.24) is 10.2 Å². The van der Waals surface area contributed by atoms with Crippen molar-refractivity contribution in [3.63, 3.8) is 0 Å². The molecule has 1 aliphatic heterocycles. The van der Waals surface area contributed by atoms with E-state index in [4.69, 9.17) is 0 Å². The number of alkyl carbamates (subject to hydrolysis) is 1. The Kier molecular flexibility index (Phi) is 4.04. The SMILES string of the molecule is COC(=O)NC1CCCN(C2CCCC2)C1.